The van der Waals surface area contributed by atoms with Crippen LogP contribution in [-0.2, 0) is 9.59 Å². The first-order valence-electron chi connectivity index (χ1n) is 10.8. The van der Waals surface area contributed by atoms with E-state index in [-0.39, 0.29) is 30.4 Å². The van der Waals surface area contributed by atoms with Crippen LogP contribution < -0.4 is 20.3 Å². The van der Waals surface area contributed by atoms with Gasteiger partial charge in [0.15, 0.2) is 6.10 Å². The number of amides is 2. The van der Waals surface area contributed by atoms with E-state index < -0.39 is 6.10 Å². The Balaban J connectivity index is 1.71. The van der Waals surface area contributed by atoms with Gasteiger partial charge in [-0.15, -0.1) is 0 Å². The molecule has 2 amide bonds. The highest BCUT2D eigenvalue weighted by atomic mass is 35.5. The van der Waals surface area contributed by atoms with Crippen molar-refractivity contribution < 1.29 is 14.3 Å². The minimum atomic E-state index is -0.677. The molecule has 166 valence electrons. The van der Waals surface area contributed by atoms with Gasteiger partial charge in [0.05, 0.1) is 24.8 Å². The predicted molar refractivity (Wildman–Crippen MR) is 124 cm³/mol. The van der Waals surface area contributed by atoms with E-state index in [0.29, 0.717) is 17.3 Å². The van der Waals surface area contributed by atoms with Crippen LogP contribution in [0.25, 0.3) is 0 Å². The molecule has 31 heavy (non-hydrogen) atoms. The normalized spacial score (nSPS) is 16.3. The van der Waals surface area contributed by atoms with Gasteiger partial charge in [-0.1, -0.05) is 55.8 Å². The van der Waals surface area contributed by atoms with Gasteiger partial charge < -0.3 is 20.3 Å². The van der Waals surface area contributed by atoms with Gasteiger partial charge in [-0.05, 0) is 43.5 Å². The molecular formula is C24H30ClN3O3. The van der Waals surface area contributed by atoms with Crippen molar-refractivity contribution >= 4 is 29.1 Å². The second-order valence-electron chi connectivity index (χ2n) is 7.79. The molecule has 0 radical (unpaired) electrons. The van der Waals surface area contributed by atoms with Crippen LogP contribution in [0.3, 0.4) is 0 Å². The zero-order valence-corrected chi connectivity index (χ0v) is 19.0. The molecule has 2 aromatic carbocycles. The first-order chi connectivity index (χ1) is 14.9. The molecule has 0 aliphatic carbocycles. The van der Waals surface area contributed by atoms with E-state index in [0.717, 1.165) is 24.1 Å². The van der Waals surface area contributed by atoms with Crippen molar-refractivity contribution in [1.29, 1.82) is 0 Å². The lowest BCUT2D eigenvalue weighted by Gasteiger charge is -2.35. The summed E-state index contributed by atoms with van der Waals surface area (Å²) in [5.41, 5.74) is 1.66. The fourth-order valence-corrected chi connectivity index (χ4v) is 4.04. The van der Waals surface area contributed by atoms with Crippen LogP contribution in [0.2, 0.25) is 5.02 Å². The van der Waals surface area contributed by atoms with Gasteiger partial charge in [-0.2, -0.15) is 0 Å². The van der Waals surface area contributed by atoms with Crippen molar-refractivity contribution in [3.63, 3.8) is 0 Å². The minimum absolute atomic E-state index is 0.112. The lowest BCUT2D eigenvalue weighted by Crippen LogP contribution is -2.52. The van der Waals surface area contributed by atoms with E-state index >= 15 is 0 Å². The van der Waals surface area contributed by atoms with E-state index in [2.05, 4.69) is 10.6 Å². The number of carbonyl (C=O) groups is 2. The molecule has 3 rings (SSSR count). The first-order valence-corrected chi connectivity index (χ1v) is 11.2. The second kappa shape index (κ2) is 10.5. The first kappa shape index (κ1) is 22.9. The van der Waals surface area contributed by atoms with Crippen LogP contribution >= 0.6 is 11.6 Å². The molecule has 1 aliphatic heterocycles. The van der Waals surface area contributed by atoms with Crippen LogP contribution in [0.1, 0.15) is 45.2 Å². The van der Waals surface area contributed by atoms with Crippen molar-refractivity contribution in [2.24, 2.45) is 0 Å². The van der Waals surface area contributed by atoms with Crippen molar-refractivity contribution in [2.75, 3.05) is 18.0 Å². The second-order valence-corrected chi connectivity index (χ2v) is 8.19. The van der Waals surface area contributed by atoms with Crippen LogP contribution in [0, 0.1) is 0 Å². The topological polar surface area (TPSA) is 70.7 Å². The van der Waals surface area contributed by atoms with Gasteiger partial charge in [0.25, 0.3) is 5.91 Å². The standard InChI is InChI=1S/C24H30ClN3O3/c1-4-17(5-2)27-24(30)22-14-28(20-12-8-9-13-21(20)31-22)15-23(29)26-16(3)18-10-6-7-11-19(18)25/h6-13,16-17,22H,4-5,14-15H2,1-3H3,(H,26,29)(H,27,30). The predicted octanol–water partition coefficient (Wildman–Crippen LogP) is 4.09. The Morgan fingerprint density at radius 1 is 1.10 bits per heavy atom. The Morgan fingerprint density at radius 3 is 2.48 bits per heavy atom. The molecule has 2 atom stereocenters. The summed E-state index contributed by atoms with van der Waals surface area (Å²) in [6.07, 6.45) is 1.04. The lowest BCUT2D eigenvalue weighted by molar-refractivity contribution is -0.129. The summed E-state index contributed by atoms with van der Waals surface area (Å²) >= 11 is 6.26. The summed E-state index contributed by atoms with van der Waals surface area (Å²) < 4.78 is 5.96. The van der Waals surface area contributed by atoms with Crippen LogP contribution in [-0.4, -0.2) is 37.0 Å². The number of para-hydroxylation sites is 2. The van der Waals surface area contributed by atoms with E-state index in [1.807, 2.05) is 68.1 Å². The Labute approximate surface area is 188 Å². The summed E-state index contributed by atoms with van der Waals surface area (Å²) in [6.45, 7) is 6.41. The molecule has 0 saturated heterocycles. The summed E-state index contributed by atoms with van der Waals surface area (Å²) in [4.78, 5) is 27.5. The van der Waals surface area contributed by atoms with Crippen molar-refractivity contribution in [1.82, 2.24) is 10.6 Å². The molecule has 0 bridgehead atoms. The molecule has 0 aromatic heterocycles. The molecule has 6 nitrogen and oxygen atoms in total. The number of fused-ring (bicyclic) bond motifs is 1. The number of hydrogen-bond donors (Lipinski definition) is 2. The molecule has 2 unspecified atom stereocenters. The summed E-state index contributed by atoms with van der Waals surface area (Å²) in [5.74, 6) is 0.298. The molecule has 0 fully saturated rings. The van der Waals surface area contributed by atoms with Gasteiger partial charge >= 0.3 is 0 Å². The maximum Gasteiger partial charge on any atom is 0.263 e. The molecule has 2 aromatic rings. The van der Waals surface area contributed by atoms with E-state index in [9.17, 15) is 9.59 Å². The van der Waals surface area contributed by atoms with Gasteiger partial charge in [0.1, 0.15) is 5.75 Å². The number of hydrogen-bond acceptors (Lipinski definition) is 4. The number of anilines is 1. The zero-order chi connectivity index (χ0) is 22.4. The third-order valence-electron chi connectivity index (χ3n) is 5.57. The smallest absolute Gasteiger partial charge is 0.263 e. The maximum absolute atomic E-state index is 12.8. The van der Waals surface area contributed by atoms with Gasteiger partial charge in [-0.25, -0.2) is 0 Å². The maximum atomic E-state index is 12.8. The van der Waals surface area contributed by atoms with Crippen molar-refractivity contribution in [3.8, 4) is 5.75 Å². The number of nitrogens with one attached hydrogen (secondary N) is 2. The highest BCUT2D eigenvalue weighted by Crippen LogP contribution is 2.33. The Morgan fingerprint density at radius 2 is 1.77 bits per heavy atom. The monoisotopic (exact) mass is 443 g/mol. The summed E-state index contributed by atoms with van der Waals surface area (Å²) in [7, 11) is 0. The molecular weight excluding hydrogens is 414 g/mol. The van der Waals surface area contributed by atoms with Crippen LogP contribution in [0.5, 0.6) is 5.75 Å². The van der Waals surface area contributed by atoms with Gasteiger partial charge in [-0.3, -0.25) is 9.59 Å². The average molecular weight is 444 g/mol. The number of benzene rings is 2. The fraction of sp³-hybridized carbons (Fsp3) is 0.417. The number of ether oxygens (including phenoxy) is 1. The molecule has 2 N–H and O–H groups in total. The molecule has 1 heterocycles. The Bertz CT molecular complexity index is 916. The quantitative estimate of drug-likeness (QED) is 0.644. The Hall–Kier alpha value is -2.73. The number of rotatable bonds is 8. The number of carbonyl (C=O) groups excluding carboxylic acids is 2. The van der Waals surface area contributed by atoms with Crippen molar-refractivity contribution in [2.45, 2.75) is 51.8 Å². The molecule has 7 heteroatoms. The number of halogens is 1. The zero-order valence-electron chi connectivity index (χ0n) is 18.2. The third-order valence-corrected chi connectivity index (χ3v) is 5.91. The van der Waals surface area contributed by atoms with Gasteiger partial charge in [0, 0.05) is 11.1 Å². The summed E-state index contributed by atoms with van der Waals surface area (Å²) in [6, 6.07) is 14.8. The minimum Gasteiger partial charge on any atom is -0.477 e. The SMILES string of the molecule is CCC(CC)NC(=O)C1CN(CC(=O)NC(C)c2ccccc2Cl)c2ccccc2O1. The Kier molecular flexibility index (Phi) is 7.80. The molecule has 0 saturated carbocycles. The molecule has 1 aliphatic rings. The lowest BCUT2D eigenvalue weighted by atomic mass is 10.1. The van der Waals surface area contributed by atoms with E-state index in [4.69, 9.17) is 16.3 Å². The van der Waals surface area contributed by atoms with Gasteiger partial charge in [0.2, 0.25) is 5.91 Å². The number of nitrogens with zero attached hydrogens (tertiary/aromatic N) is 1. The molecule has 0 spiro atoms. The van der Waals surface area contributed by atoms with Crippen LogP contribution in [0.15, 0.2) is 48.5 Å². The highest BCUT2D eigenvalue weighted by Gasteiger charge is 2.32. The summed E-state index contributed by atoms with van der Waals surface area (Å²) in [5, 5.41) is 6.66. The van der Waals surface area contributed by atoms with Crippen LogP contribution in [0.4, 0.5) is 5.69 Å². The average Bonchev–Trinajstić information content (AvgIpc) is 2.77. The van der Waals surface area contributed by atoms with E-state index in [1.165, 1.54) is 0 Å². The fourth-order valence-electron chi connectivity index (χ4n) is 3.74. The van der Waals surface area contributed by atoms with E-state index in [1.54, 1.807) is 6.07 Å². The third kappa shape index (κ3) is 5.70. The van der Waals surface area contributed by atoms with Crippen molar-refractivity contribution in [3.05, 3.63) is 59.1 Å². The highest BCUT2D eigenvalue weighted by molar-refractivity contribution is 6.31. The largest absolute Gasteiger partial charge is 0.477 e.